The first-order valence-electron chi connectivity index (χ1n) is 6.18. The second kappa shape index (κ2) is 5.30. The van der Waals surface area contributed by atoms with Gasteiger partial charge in [0.25, 0.3) is 5.91 Å². The Morgan fingerprint density at radius 3 is 2.65 bits per heavy atom. The highest BCUT2D eigenvalue weighted by Gasteiger charge is 2.10. The molecule has 0 aliphatic carbocycles. The highest BCUT2D eigenvalue weighted by Crippen LogP contribution is 2.19. The maximum Gasteiger partial charge on any atom is 0.265 e. The lowest BCUT2D eigenvalue weighted by atomic mass is 10.2. The van der Waals surface area contributed by atoms with Crippen LogP contribution in [0.2, 0.25) is 0 Å². The minimum Gasteiger partial charge on any atom is -0.321 e. The van der Waals surface area contributed by atoms with Crippen molar-refractivity contribution < 1.29 is 4.79 Å². The van der Waals surface area contributed by atoms with Crippen LogP contribution in [-0.4, -0.2) is 15.5 Å². The van der Waals surface area contributed by atoms with E-state index in [9.17, 15) is 4.79 Å². The smallest absolute Gasteiger partial charge is 0.265 e. The second-order valence-corrected chi connectivity index (χ2v) is 5.32. The molecule has 3 aromatic rings. The Kier molecular flexibility index (Phi) is 3.35. The van der Waals surface area contributed by atoms with Gasteiger partial charge in [0.1, 0.15) is 0 Å². The molecule has 0 unspecified atom stereocenters. The number of nitrogens with one attached hydrogen (secondary N) is 1. The van der Waals surface area contributed by atoms with Gasteiger partial charge in [0.2, 0.25) is 0 Å². The summed E-state index contributed by atoms with van der Waals surface area (Å²) in [5.74, 6) is -0.0621. The highest BCUT2D eigenvalue weighted by atomic mass is 32.1. The van der Waals surface area contributed by atoms with Crippen molar-refractivity contribution in [3.8, 4) is 5.69 Å². The third-order valence-corrected chi connectivity index (χ3v) is 4.01. The van der Waals surface area contributed by atoms with Crippen molar-refractivity contribution >= 4 is 22.9 Å². The van der Waals surface area contributed by atoms with Crippen LogP contribution in [0.3, 0.4) is 0 Å². The summed E-state index contributed by atoms with van der Waals surface area (Å²) in [5, 5.41) is 4.83. The summed E-state index contributed by atoms with van der Waals surface area (Å²) in [6, 6.07) is 9.60. The quantitative estimate of drug-likeness (QED) is 0.799. The van der Waals surface area contributed by atoms with Crippen LogP contribution in [0.25, 0.3) is 5.69 Å². The Labute approximate surface area is 120 Å². The third-order valence-electron chi connectivity index (χ3n) is 3.00. The molecule has 3 rings (SSSR count). The Balaban J connectivity index is 1.76. The molecule has 100 valence electrons. The van der Waals surface area contributed by atoms with Crippen molar-refractivity contribution in [3.05, 3.63) is 64.9 Å². The van der Waals surface area contributed by atoms with E-state index in [-0.39, 0.29) is 5.91 Å². The second-order valence-electron chi connectivity index (χ2n) is 4.40. The van der Waals surface area contributed by atoms with E-state index in [2.05, 4.69) is 10.3 Å². The summed E-state index contributed by atoms with van der Waals surface area (Å²) in [5.41, 5.74) is 2.79. The van der Waals surface area contributed by atoms with Crippen LogP contribution in [0.5, 0.6) is 0 Å². The van der Waals surface area contributed by atoms with Gasteiger partial charge in [0, 0.05) is 23.8 Å². The summed E-state index contributed by atoms with van der Waals surface area (Å²) in [6.45, 7) is 1.94. The summed E-state index contributed by atoms with van der Waals surface area (Å²) >= 11 is 1.45. The SMILES string of the molecule is Cc1ccsc1C(=O)Nc1ccc(-n2ccnc2)cc1. The molecule has 2 aromatic heterocycles. The Bertz CT molecular complexity index is 714. The van der Waals surface area contributed by atoms with E-state index < -0.39 is 0 Å². The van der Waals surface area contributed by atoms with Crippen LogP contribution < -0.4 is 5.32 Å². The summed E-state index contributed by atoms with van der Waals surface area (Å²) in [7, 11) is 0. The number of benzene rings is 1. The first-order chi connectivity index (χ1) is 9.74. The van der Waals surface area contributed by atoms with E-state index >= 15 is 0 Å². The lowest BCUT2D eigenvalue weighted by Gasteiger charge is -2.06. The average molecular weight is 283 g/mol. The number of aromatic nitrogens is 2. The first kappa shape index (κ1) is 12.6. The van der Waals surface area contributed by atoms with Gasteiger partial charge >= 0.3 is 0 Å². The number of nitrogens with zero attached hydrogens (tertiary/aromatic N) is 2. The fraction of sp³-hybridized carbons (Fsp3) is 0.0667. The Morgan fingerprint density at radius 1 is 1.25 bits per heavy atom. The molecular weight excluding hydrogens is 270 g/mol. The molecule has 2 heterocycles. The third kappa shape index (κ3) is 2.48. The molecule has 1 aromatic carbocycles. The van der Waals surface area contributed by atoms with Crippen LogP contribution in [0, 0.1) is 6.92 Å². The minimum absolute atomic E-state index is 0.0621. The monoisotopic (exact) mass is 283 g/mol. The molecule has 20 heavy (non-hydrogen) atoms. The zero-order chi connectivity index (χ0) is 13.9. The maximum absolute atomic E-state index is 12.1. The molecule has 1 N–H and O–H groups in total. The van der Waals surface area contributed by atoms with Crippen LogP contribution in [0.1, 0.15) is 15.2 Å². The largest absolute Gasteiger partial charge is 0.321 e. The summed E-state index contributed by atoms with van der Waals surface area (Å²) in [6.07, 6.45) is 5.35. The molecule has 0 aliphatic rings. The number of carbonyl (C=O) groups excluding carboxylic acids is 1. The predicted molar refractivity (Wildman–Crippen MR) is 80.6 cm³/mol. The van der Waals surface area contributed by atoms with Crippen LogP contribution in [0.15, 0.2) is 54.4 Å². The van der Waals surface area contributed by atoms with Crippen molar-refractivity contribution in [2.45, 2.75) is 6.92 Å². The van der Waals surface area contributed by atoms with Gasteiger partial charge in [0.05, 0.1) is 11.2 Å². The van der Waals surface area contributed by atoms with Gasteiger partial charge in [-0.15, -0.1) is 11.3 Å². The number of rotatable bonds is 3. The molecule has 0 saturated carbocycles. The highest BCUT2D eigenvalue weighted by molar-refractivity contribution is 7.12. The lowest BCUT2D eigenvalue weighted by molar-refractivity contribution is 0.103. The number of anilines is 1. The summed E-state index contributed by atoms with van der Waals surface area (Å²) < 4.78 is 1.91. The molecule has 0 atom stereocenters. The normalized spacial score (nSPS) is 10.4. The zero-order valence-electron chi connectivity index (χ0n) is 10.9. The van der Waals surface area contributed by atoms with Gasteiger partial charge in [0.15, 0.2) is 0 Å². The number of hydrogen-bond acceptors (Lipinski definition) is 3. The molecule has 0 spiro atoms. The van der Waals surface area contributed by atoms with E-state index in [1.165, 1.54) is 11.3 Å². The Hall–Kier alpha value is -2.40. The van der Waals surface area contributed by atoms with Gasteiger partial charge in [-0.05, 0) is 48.2 Å². The molecule has 5 heteroatoms. The van der Waals surface area contributed by atoms with E-state index in [0.717, 1.165) is 21.8 Å². The molecule has 0 bridgehead atoms. The molecule has 4 nitrogen and oxygen atoms in total. The molecule has 0 saturated heterocycles. The Morgan fingerprint density at radius 2 is 2.05 bits per heavy atom. The number of aryl methyl sites for hydroxylation is 1. The van der Waals surface area contributed by atoms with Crippen molar-refractivity contribution in [1.29, 1.82) is 0 Å². The fourth-order valence-electron chi connectivity index (χ4n) is 1.92. The van der Waals surface area contributed by atoms with Gasteiger partial charge in [-0.2, -0.15) is 0 Å². The van der Waals surface area contributed by atoms with Gasteiger partial charge in [-0.25, -0.2) is 4.98 Å². The van der Waals surface area contributed by atoms with Crippen molar-refractivity contribution in [2.24, 2.45) is 0 Å². The standard InChI is InChI=1S/C15H13N3OS/c1-11-6-9-20-14(11)15(19)17-12-2-4-13(5-3-12)18-8-7-16-10-18/h2-10H,1H3,(H,17,19). The van der Waals surface area contributed by atoms with Gasteiger partial charge < -0.3 is 9.88 Å². The number of carbonyl (C=O) groups is 1. The lowest BCUT2D eigenvalue weighted by Crippen LogP contribution is -2.11. The van der Waals surface area contributed by atoms with Gasteiger partial charge in [-0.3, -0.25) is 4.79 Å². The minimum atomic E-state index is -0.0621. The van der Waals surface area contributed by atoms with Crippen molar-refractivity contribution in [1.82, 2.24) is 9.55 Å². The molecular formula is C15H13N3OS. The maximum atomic E-state index is 12.1. The van der Waals surface area contributed by atoms with Crippen LogP contribution >= 0.6 is 11.3 Å². The zero-order valence-corrected chi connectivity index (χ0v) is 11.7. The number of imidazole rings is 1. The number of amides is 1. The average Bonchev–Trinajstić information content (AvgIpc) is 3.10. The predicted octanol–water partition coefficient (Wildman–Crippen LogP) is 3.49. The summed E-state index contributed by atoms with van der Waals surface area (Å²) in [4.78, 5) is 16.9. The van der Waals surface area contributed by atoms with Crippen LogP contribution in [0.4, 0.5) is 5.69 Å². The van der Waals surface area contributed by atoms with Gasteiger partial charge in [-0.1, -0.05) is 0 Å². The molecule has 0 aliphatic heterocycles. The number of hydrogen-bond donors (Lipinski definition) is 1. The van der Waals surface area contributed by atoms with Crippen molar-refractivity contribution in [2.75, 3.05) is 5.32 Å². The van der Waals surface area contributed by atoms with Crippen LogP contribution in [-0.2, 0) is 0 Å². The molecule has 0 radical (unpaired) electrons. The first-order valence-corrected chi connectivity index (χ1v) is 7.06. The number of thiophene rings is 1. The van der Waals surface area contributed by atoms with E-state index in [0.29, 0.717) is 0 Å². The van der Waals surface area contributed by atoms with E-state index in [1.54, 1.807) is 12.5 Å². The molecule has 0 fully saturated rings. The van der Waals surface area contributed by atoms with E-state index in [1.807, 2.05) is 53.4 Å². The topological polar surface area (TPSA) is 46.9 Å². The molecule has 1 amide bonds. The fourth-order valence-corrected chi connectivity index (χ4v) is 2.74. The van der Waals surface area contributed by atoms with Crippen molar-refractivity contribution in [3.63, 3.8) is 0 Å². The van der Waals surface area contributed by atoms with E-state index in [4.69, 9.17) is 0 Å².